The first-order chi connectivity index (χ1) is 9.38. The summed E-state index contributed by atoms with van der Waals surface area (Å²) in [6, 6.07) is 15.6. The SMILES string of the molecule is CCC1c2cccnc2CCN1Cc1ccccc1.Cl. The number of nitrogens with zero attached hydrogens (tertiary/aromatic N) is 2. The van der Waals surface area contributed by atoms with E-state index in [0.717, 1.165) is 25.9 Å². The molecule has 1 aliphatic rings. The highest BCUT2D eigenvalue weighted by molar-refractivity contribution is 5.85. The standard InChI is InChI=1S/C17H20N2.ClH/c1-2-17-15-9-6-11-18-16(15)10-12-19(17)13-14-7-4-3-5-8-14;/h3-9,11,17H,2,10,12-13H2,1H3;1H. The lowest BCUT2D eigenvalue weighted by molar-refractivity contribution is 0.169. The summed E-state index contributed by atoms with van der Waals surface area (Å²) in [5.41, 5.74) is 4.11. The second kappa shape index (κ2) is 6.87. The van der Waals surface area contributed by atoms with Crippen molar-refractivity contribution >= 4 is 12.4 Å². The van der Waals surface area contributed by atoms with Crippen molar-refractivity contribution in [3.05, 3.63) is 65.5 Å². The first kappa shape index (κ1) is 15.0. The molecule has 1 aromatic carbocycles. The van der Waals surface area contributed by atoms with Crippen molar-refractivity contribution in [3.8, 4) is 0 Å². The molecule has 0 bridgehead atoms. The number of aromatic nitrogens is 1. The molecule has 0 aliphatic carbocycles. The van der Waals surface area contributed by atoms with E-state index in [4.69, 9.17) is 0 Å². The minimum Gasteiger partial charge on any atom is -0.292 e. The number of hydrogen-bond acceptors (Lipinski definition) is 2. The van der Waals surface area contributed by atoms with E-state index in [0.29, 0.717) is 6.04 Å². The van der Waals surface area contributed by atoms with Gasteiger partial charge < -0.3 is 0 Å². The molecule has 0 radical (unpaired) electrons. The summed E-state index contributed by atoms with van der Waals surface area (Å²) < 4.78 is 0. The molecule has 0 saturated heterocycles. The summed E-state index contributed by atoms with van der Waals surface area (Å²) in [7, 11) is 0. The van der Waals surface area contributed by atoms with Gasteiger partial charge in [-0.25, -0.2) is 0 Å². The molecule has 0 fully saturated rings. The molecule has 1 atom stereocenters. The topological polar surface area (TPSA) is 16.1 Å². The van der Waals surface area contributed by atoms with Crippen LogP contribution < -0.4 is 0 Å². The zero-order valence-electron chi connectivity index (χ0n) is 11.8. The monoisotopic (exact) mass is 288 g/mol. The van der Waals surface area contributed by atoms with E-state index in [1.54, 1.807) is 0 Å². The molecule has 106 valence electrons. The van der Waals surface area contributed by atoms with Gasteiger partial charge in [0.2, 0.25) is 0 Å². The second-order valence-corrected chi connectivity index (χ2v) is 5.17. The lowest BCUT2D eigenvalue weighted by Gasteiger charge is -2.36. The Kier molecular flexibility index (Phi) is 5.16. The van der Waals surface area contributed by atoms with Gasteiger partial charge in [0.25, 0.3) is 0 Å². The first-order valence-electron chi connectivity index (χ1n) is 7.10. The number of benzene rings is 1. The minimum absolute atomic E-state index is 0. The van der Waals surface area contributed by atoms with Gasteiger partial charge in [-0.15, -0.1) is 12.4 Å². The van der Waals surface area contributed by atoms with Gasteiger partial charge in [0.05, 0.1) is 0 Å². The van der Waals surface area contributed by atoms with Crippen LogP contribution in [0.3, 0.4) is 0 Å². The highest BCUT2D eigenvalue weighted by Gasteiger charge is 2.26. The van der Waals surface area contributed by atoms with Gasteiger partial charge in [-0.05, 0) is 23.6 Å². The van der Waals surface area contributed by atoms with Crippen LogP contribution in [0, 0.1) is 0 Å². The smallest absolute Gasteiger partial charge is 0.0464 e. The highest BCUT2D eigenvalue weighted by Crippen LogP contribution is 2.31. The molecular formula is C17H21ClN2. The predicted octanol–water partition coefficient (Wildman–Crippen LogP) is 4.01. The van der Waals surface area contributed by atoms with Crippen LogP contribution in [0.5, 0.6) is 0 Å². The molecule has 0 spiro atoms. The molecule has 3 rings (SSSR count). The molecular weight excluding hydrogens is 268 g/mol. The van der Waals surface area contributed by atoms with Crippen molar-refractivity contribution in [2.45, 2.75) is 32.4 Å². The Labute approximate surface area is 127 Å². The van der Waals surface area contributed by atoms with Gasteiger partial charge >= 0.3 is 0 Å². The second-order valence-electron chi connectivity index (χ2n) is 5.17. The van der Waals surface area contributed by atoms with Crippen LogP contribution in [0.15, 0.2) is 48.7 Å². The summed E-state index contributed by atoms with van der Waals surface area (Å²) in [5.74, 6) is 0. The molecule has 1 aliphatic heterocycles. The summed E-state index contributed by atoms with van der Waals surface area (Å²) >= 11 is 0. The Bertz CT molecular complexity index is 542. The van der Waals surface area contributed by atoms with E-state index < -0.39 is 0 Å². The zero-order chi connectivity index (χ0) is 13.1. The van der Waals surface area contributed by atoms with E-state index >= 15 is 0 Å². The normalized spacial score (nSPS) is 18.1. The number of pyridine rings is 1. The van der Waals surface area contributed by atoms with Crippen molar-refractivity contribution in [3.63, 3.8) is 0 Å². The van der Waals surface area contributed by atoms with Gasteiger partial charge in [-0.3, -0.25) is 9.88 Å². The lowest BCUT2D eigenvalue weighted by Crippen LogP contribution is -2.35. The van der Waals surface area contributed by atoms with Gasteiger partial charge in [-0.2, -0.15) is 0 Å². The molecule has 20 heavy (non-hydrogen) atoms. The van der Waals surface area contributed by atoms with Crippen LogP contribution in [0.4, 0.5) is 0 Å². The summed E-state index contributed by atoms with van der Waals surface area (Å²) in [4.78, 5) is 7.11. The van der Waals surface area contributed by atoms with Gasteiger partial charge in [0.15, 0.2) is 0 Å². The molecule has 3 heteroatoms. The largest absolute Gasteiger partial charge is 0.292 e. The third kappa shape index (κ3) is 3.02. The van der Waals surface area contributed by atoms with Gasteiger partial charge in [0, 0.05) is 37.4 Å². The van der Waals surface area contributed by atoms with Crippen molar-refractivity contribution in [1.29, 1.82) is 0 Å². The molecule has 1 unspecified atom stereocenters. The number of rotatable bonds is 3. The quantitative estimate of drug-likeness (QED) is 0.848. The molecule has 0 N–H and O–H groups in total. The summed E-state index contributed by atoms with van der Waals surface area (Å²) in [6.07, 6.45) is 4.13. The highest BCUT2D eigenvalue weighted by atomic mass is 35.5. The lowest BCUT2D eigenvalue weighted by atomic mass is 9.94. The number of fused-ring (bicyclic) bond motifs is 1. The van der Waals surface area contributed by atoms with Gasteiger partial charge in [0.1, 0.15) is 0 Å². The van der Waals surface area contributed by atoms with Crippen molar-refractivity contribution in [1.82, 2.24) is 9.88 Å². The van der Waals surface area contributed by atoms with Crippen molar-refractivity contribution < 1.29 is 0 Å². The molecule has 2 nitrogen and oxygen atoms in total. The fraction of sp³-hybridized carbons (Fsp3) is 0.353. The third-order valence-electron chi connectivity index (χ3n) is 3.98. The maximum Gasteiger partial charge on any atom is 0.0464 e. The maximum atomic E-state index is 4.53. The van der Waals surface area contributed by atoms with Crippen LogP contribution in [-0.4, -0.2) is 16.4 Å². The van der Waals surface area contributed by atoms with E-state index in [-0.39, 0.29) is 12.4 Å². The van der Waals surface area contributed by atoms with E-state index in [1.165, 1.54) is 16.8 Å². The zero-order valence-corrected chi connectivity index (χ0v) is 12.6. The molecule has 0 amide bonds. The Morgan fingerprint density at radius 3 is 2.70 bits per heavy atom. The van der Waals surface area contributed by atoms with Crippen LogP contribution in [0.1, 0.15) is 36.2 Å². The molecule has 1 aromatic heterocycles. The molecule has 0 saturated carbocycles. The Balaban J connectivity index is 0.00000147. The minimum atomic E-state index is 0. The molecule has 2 aromatic rings. The summed E-state index contributed by atoms with van der Waals surface area (Å²) in [6.45, 7) is 4.41. The average Bonchev–Trinajstić information content (AvgIpc) is 2.48. The average molecular weight is 289 g/mol. The Hall–Kier alpha value is -1.38. The fourth-order valence-corrected chi connectivity index (χ4v) is 3.05. The van der Waals surface area contributed by atoms with Crippen molar-refractivity contribution in [2.24, 2.45) is 0 Å². The Morgan fingerprint density at radius 1 is 1.15 bits per heavy atom. The predicted molar refractivity (Wildman–Crippen MR) is 85.1 cm³/mol. The number of halogens is 1. The van der Waals surface area contributed by atoms with Crippen LogP contribution in [0.2, 0.25) is 0 Å². The van der Waals surface area contributed by atoms with Crippen LogP contribution in [-0.2, 0) is 13.0 Å². The number of hydrogen-bond donors (Lipinski definition) is 0. The molecule has 2 heterocycles. The van der Waals surface area contributed by atoms with E-state index in [9.17, 15) is 0 Å². The van der Waals surface area contributed by atoms with Crippen LogP contribution >= 0.6 is 12.4 Å². The summed E-state index contributed by atoms with van der Waals surface area (Å²) in [5, 5.41) is 0. The maximum absolute atomic E-state index is 4.53. The van der Waals surface area contributed by atoms with Crippen molar-refractivity contribution in [2.75, 3.05) is 6.54 Å². The third-order valence-corrected chi connectivity index (χ3v) is 3.98. The first-order valence-corrected chi connectivity index (χ1v) is 7.10. The van der Waals surface area contributed by atoms with Crippen LogP contribution in [0.25, 0.3) is 0 Å². The van der Waals surface area contributed by atoms with E-state index in [1.807, 2.05) is 6.20 Å². The van der Waals surface area contributed by atoms with Gasteiger partial charge in [-0.1, -0.05) is 43.3 Å². The van der Waals surface area contributed by atoms with E-state index in [2.05, 4.69) is 59.3 Å². The Morgan fingerprint density at radius 2 is 1.95 bits per heavy atom. The fourth-order valence-electron chi connectivity index (χ4n) is 3.05.